The number of aliphatic hydroxyl groups is 1. The number of benzene rings is 1. The van der Waals surface area contributed by atoms with E-state index in [9.17, 15) is 14.3 Å². The molecule has 4 nitrogen and oxygen atoms in total. The number of thioether (sulfide) groups is 1. The van der Waals surface area contributed by atoms with Gasteiger partial charge in [-0.1, -0.05) is 18.6 Å². The number of aliphatic hydroxyl groups excluding tert-OH is 1. The fourth-order valence-electron chi connectivity index (χ4n) is 2.69. The number of likely N-dealkylation sites (tertiary alicyclic amines) is 1. The molecular weight excluding hydrogens is 315 g/mol. The molecule has 1 aromatic rings. The van der Waals surface area contributed by atoms with E-state index in [0.29, 0.717) is 18.1 Å². The van der Waals surface area contributed by atoms with Crippen LogP contribution in [0.5, 0.6) is 0 Å². The minimum absolute atomic E-state index is 0.0719. The minimum atomic E-state index is -0.505. The average Bonchev–Trinajstić information content (AvgIpc) is 2.55. The fraction of sp³-hybridized carbons (Fsp3) is 0.588. The molecule has 1 saturated heterocycles. The van der Waals surface area contributed by atoms with E-state index in [1.807, 2.05) is 0 Å². The third-order valence-corrected chi connectivity index (χ3v) is 4.99. The van der Waals surface area contributed by atoms with E-state index < -0.39 is 11.7 Å². The molecule has 1 aliphatic heterocycles. The van der Waals surface area contributed by atoms with Gasteiger partial charge in [-0.3, -0.25) is 4.79 Å². The van der Waals surface area contributed by atoms with Crippen molar-refractivity contribution in [3.05, 3.63) is 35.6 Å². The molecule has 1 heterocycles. The maximum absolute atomic E-state index is 13.4. The molecule has 0 spiro atoms. The lowest BCUT2D eigenvalue weighted by atomic mass is 10.1. The summed E-state index contributed by atoms with van der Waals surface area (Å²) in [5.74, 6) is 0.468. The number of amides is 1. The number of carbonyl (C=O) groups is 1. The van der Waals surface area contributed by atoms with Gasteiger partial charge in [-0.15, -0.1) is 0 Å². The SMILES string of the molecule is O=C(NCCSCC(O)CN1CCCCC1)c1ccccc1F. The molecule has 0 radical (unpaired) electrons. The van der Waals surface area contributed by atoms with E-state index in [2.05, 4.69) is 10.2 Å². The lowest BCUT2D eigenvalue weighted by molar-refractivity contribution is 0.0952. The van der Waals surface area contributed by atoms with E-state index in [4.69, 9.17) is 0 Å². The third-order valence-electron chi connectivity index (χ3n) is 3.88. The summed E-state index contributed by atoms with van der Waals surface area (Å²) in [5.41, 5.74) is 0.0719. The summed E-state index contributed by atoms with van der Waals surface area (Å²) in [6, 6.07) is 5.95. The van der Waals surface area contributed by atoms with Gasteiger partial charge >= 0.3 is 0 Å². The topological polar surface area (TPSA) is 52.6 Å². The number of halogens is 1. The molecule has 23 heavy (non-hydrogen) atoms. The van der Waals surface area contributed by atoms with Crippen LogP contribution in [-0.2, 0) is 0 Å². The molecule has 1 aliphatic rings. The molecule has 1 aromatic carbocycles. The van der Waals surface area contributed by atoms with Crippen LogP contribution >= 0.6 is 11.8 Å². The monoisotopic (exact) mass is 340 g/mol. The second-order valence-corrected chi connectivity index (χ2v) is 6.98. The predicted octanol–water partition coefficient (Wildman–Crippen LogP) is 2.14. The third kappa shape index (κ3) is 6.49. The second-order valence-electron chi connectivity index (χ2n) is 5.83. The van der Waals surface area contributed by atoms with E-state index in [0.717, 1.165) is 19.6 Å². The van der Waals surface area contributed by atoms with Gasteiger partial charge in [0.05, 0.1) is 11.7 Å². The number of β-amino-alcohol motifs (C(OH)–C–C–N with tert-alkyl or cyclic N) is 1. The number of nitrogens with one attached hydrogen (secondary N) is 1. The van der Waals surface area contributed by atoms with Gasteiger partial charge in [0, 0.05) is 24.6 Å². The van der Waals surface area contributed by atoms with Gasteiger partial charge in [-0.2, -0.15) is 11.8 Å². The molecule has 0 aromatic heterocycles. The van der Waals surface area contributed by atoms with Gasteiger partial charge < -0.3 is 15.3 Å². The zero-order valence-corrected chi connectivity index (χ0v) is 14.2. The summed E-state index contributed by atoms with van der Waals surface area (Å²) >= 11 is 1.61. The molecule has 0 bridgehead atoms. The van der Waals surface area contributed by atoms with Crippen molar-refractivity contribution in [2.75, 3.05) is 37.7 Å². The van der Waals surface area contributed by atoms with Crippen molar-refractivity contribution in [3.63, 3.8) is 0 Å². The first-order valence-electron chi connectivity index (χ1n) is 8.17. The van der Waals surface area contributed by atoms with Gasteiger partial charge in [-0.25, -0.2) is 4.39 Å². The highest BCUT2D eigenvalue weighted by Crippen LogP contribution is 2.11. The van der Waals surface area contributed by atoms with Crippen LogP contribution in [0.25, 0.3) is 0 Å². The maximum atomic E-state index is 13.4. The number of carbonyl (C=O) groups excluding carboxylic acids is 1. The normalized spacial score (nSPS) is 17.0. The Morgan fingerprint density at radius 3 is 2.78 bits per heavy atom. The van der Waals surface area contributed by atoms with Gasteiger partial charge in [0.1, 0.15) is 5.82 Å². The number of hydrogen-bond acceptors (Lipinski definition) is 4. The van der Waals surface area contributed by atoms with Crippen molar-refractivity contribution in [2.45, 2.75) is 25.4 Å². The quantitative estimate of drug-likeness (QED) is 0.712. The van der Waals surface area contributed by atoms with Crippen molar-refractivity contribution in [2.24, 2.45) is 0 Å². The highest BCUT2D eigenvalue weighted by atomic mass is 32.2. The van der Waals surface area contributed by atoms with Crippen LogP contribution in [0, 0.1) is 5.82 Å². The maximum Gasteiger partial charge on any atom is 0.254 e. The molecule has 0 saturated carbocycles. The predicted molar refractivity (Wildman–Crippen MR) is 92.4 cm³/mol. The van der Waals surface area contributed by atoms with Crippen molar-refractivity contribution >= 4 is 17.7 Å². The molecule has 0 aliphatic carbocycles. The first kappa shape index (κ1) is 18.2. The Hall–Kier alpha value is -1.11. The van der Waals surface area contributed by atoms with E-state index in [-0.39, 0.29) is 11.7 Å². The first-order valence-corrected chi connectivity index (χ1v) is 9.33. The van der Waals surface area contributed by atoms with Gasteiger partial charge in [-0.05, 0) is 38.1 Å². The van der Waals surface area contributed by atoms with Crippen LogP contribution in [0.3, 0.4) is 0 Å². The van der Waals surface area contributed by atoms with Crippen molar-refractivity contribution in [1.82, 2.24) is 10.2 Å². The molecule has 128 valence electrons. The molecule has 1 amide bonds. The number of nitrogens with zero attached hydrogens (tertiary/aromatic N) is 1. The standard InChI is InChI=1S/C17H25FN2O2S/c18-16-7-3-2-6-15(16)17(22)19-8-11-23-13-14(21)12-20-9-4-1-5-10-20/h2-3,6-7,14,21H,1,4-5,8-13H2,(H,19,22). The molecule has 2 N–H and O–H groups in total. The Morgan fingerprint density at radius 1 is 1.30 bits per heavy atom. The summed E-state index contributed by atoms with van der Waals surface area (Å²) in [6.07, 6.45) is 3.41. The molecule has 1 unspecified atom stereocenters. The lowest BCUT2D eigenvalue weighted by Gasteiger charge is -2.28. The lowest BCUT2D eigenvalue weighted by Crippen LogP contribution is -2.37. The average molecular weight is 340 g/mol. The van der Waals surface area contributed by atoms with E-state index in [1.165, 1.54) is 31.4 Å². The molecule has 1 atom stereocenters. The Balaban J connectivity index is 1.56. The zero-order valence-electron chi connectivity index (χ0n) is 13.3. The summed E-state index contributed by atoms with van der Waals surface area (Å²) in [7, 11) is 0. The minimum Gasteiger partial charge on any atom is -0.391 e. The van der Waals surface area contributed by atoms with Crippen molar-refractivity contribution < 1.29 is 14.3 Å². The van der Waals surface area contributed by atoms with Crippen LogP contribution in [0.1, 0.15) is 29.6 Å². The Labute approximate surface area is 141 Å². The van der Waals surface area contributed by atoms with Crippen LogP contribution in [-0.4, -0.2) is 59.7 Å². The molecular formula is C17H25FN2O2S. The van der Waals surface area contributed by atoms with Crippen molar-refractivity contribution in [3.8, 4) is 0 Å². The van der Waals surface area contributed by atoms with Crippen LogP contribution in [0.2, 0.25) is 0 Å². The molecule has 1 fully saturated rings. The number of rotatable bonds is 8. The number of hydrogen-bond donors (Lipinski definition) is 2. The molecule has 6 heteroatoms. The van der Waals surface area contributed by atoms with Crippen molar-refractivity contribution in [1.29, 1.82) is 0 Å². The van der Waals surface area contributed by atoms with Gasteiger partial charge in [0.15, 0.2) is 0 Å². The van der Waals surface area contributed by atoms with Gasteiger partial charge in [0.25, 0.3) is 5.91 Å². The second kappa shape index (κ2) is 9.90. The summed E-state index contributed by atoms with van der Waals surface area (Å²) in [6.45, 7) is 3.36. The van der Waals surface area contributed by atoms with E-state index >= 15 is 0 Å². The molecule has 2 rings (SSSR count). The number of piperidine rings is 1. The first-order chi connectivity index (χ1) is 11.2. The summed E-state index contributed by atoms with van der Waals surface area (Å²) in [4.78, 5) is 14.1. The van der Waals surface area contributed by atoms with Crippen LogP contribution < -0.4 is 5.32 Å². The highest BCUT2D eigenvalue weighted by molar-refractivity contribution is 7.99. The largest absolute Gasteiger partial charge is 0.391 e. The fourth-order valence-corrected chi connectivity index (χ4v) is 3.48. The highest BCUT2D eigenvalue weighted by Gasteiger charge is 2.14. The van der Waals surface area contributed by atoms with Crippen LogP contribution in [0.4, 0.5) is 4.39 Å². The van der Waals surface area contributed by atoms with Gasteiger partial charge in [0.2, 0.25) is 0 Å². The van der Waals surface area contributed by atoms with E-state index in [1.54, 1.807) is 23.9 Å². The zero-order chi connectivity index (χ0) is 16.5. The summed E-state index contributed by atoms with van der Waals surface area (Å²) < 4.78 is 13.4. The summed E-state index contributed by atoms with van der Waals surface area (Å²) in [5, 5.41) is 12.7. The Kier molecular flexibility index (Phi) is 7.85. The Morgan fingerprint density at radius 2 is 2.04 bits per heavy atom. The Bertz CT molecular complexity index is 495. The van der Waals surface area contributed by atoms with Crippen LogP contribution in [0.15, 0.2) is 24.3 Å². The smallest absolute Gasteiger partial charge is 0.254 e.